The number of hydrogen-bond donors (Lipinski definition) is 3. The van der Waals surface area contributed by atoms with Crippen molar-refractivity contribution in [3.8, 4) is 0 Å². The summed E-state index contributed by atoms with van der Waals surface area (Å²) >= 11 is 0. The number of nitrogens with one attached hydrogen (secondary N) is 2. The fraction of sp³-hybridized carbons (Fsp3) is 0.316. The number of sulfonamides is 1. The Bertz CT molecular complexity index is 891. The lowest BCUT2D eigenvalue weighted by Crippen LogP contribution is -2.26. The molecular formula is C19H25ClFN3O3S. The lowest BCUT2D eigenvalue weighted by atomic mass is 10.2. The molecule has 4 N–H and O–H groups in total. The van der Waals surface area contributed by atoms with Gasteiger partial charge in [0.2, 0.25) is 15.9 Å². The first-order chi connectivity index (χ1) is 12.8. The van der Waals surface area contributed by atoms with Crippen LogP contribution in [-0.2, 0) is 27.9 Å². The molecule has 1 atom stereocenters. The van der Waals surface area contributed by atoms with Crippen LogP contribution >= 0.6 is 12.4 Å². The Hall–Kier alpha value is -2.00. The second kappa shape index (κ2) is 11.1. The molecule has 0 saturated carbocycles. The predicted molar refractivity (Wildman–Crippen MR) is 109 cm³/mol. The van der Waals surface area contributed by atoms with Gasteiger partial charge in [0.25, 0.3) is 0 Å². The summed E-state index contributed by atoms with van der Waals surface area (Å²) in [6.07, 6.45) is 0.912. The van der Waals surface area contributed by atoms with E-state index in [4.69, 9.17) is 5.73 Å². The summed E-state index contributed by atoms with van der Waals surface area (Å²) < 4.78 is 40.5. The number of hydrogen-bond acceptors (Lipinski definition) is 4. The standard InChI is InChI=1S/C19H24FN3O3S.ClH/c1-14(21)8-9-19(24)22-12-16-5-3-7-18(11-16)27(25,26)23-13-15-4-2-6-17(20)10-15;/h2-7,10-11,14,23H,8-9,12-13,21H2,1H3,(H,22,24);1H. The van der Waals surface area contributed by atoms with Gasteiger partial charge in [-0.2, -0.15) is 0 Å². The largest absolute Gasteiger partial charge is 0.352 e. The number of amides is 1. The summed E-state index contributed by atoms with van der Waals surface area (Å²) in [5.74, 6) is -0.557. The summed E-state index contributed by atoms with van der Waals surface area (Å²) in [5.41, 5.74) is 6.81. The van der Waals surface area contributed by atoms with Crippen LogP contribution < -0.4 is 15.8 Å². The van der Waals surface area contributed by atoms with E-state index in [1.165, 1.54) is 30.3 Å². The van der Waals surface area contributed by atoms with Crippen LogP contribution in [0.3, 0.4) is 0 Å². The SMILES string of the molecule is CC(N)CCC(=O)NCc1cccc(S(=O)(=O)NCc2cccc(F)c2)c1.Cl. The zero-order chi connectivity index (χ0) is 19.9. The van der Waals surface area contributed by atoms with Crippen molar-refractivity contribution >= 4 is 28.3 Å². The monoisotopic (exact) mass is 429 g/mol. The molecule has 0 aromatic heterocycles. The molecule has 2 aromatic rings. The van der Waals surface area contributed by atoms with E-state index in [1.807, 2.05) is 6.92 Å². The summed E-state index contributed by atoms with van der Waals surface area (Å²) in [4.78, 5) is 11.8. The van der Waals surface area contributed by atoms with Crippen molar-refractivity contribution in [1.82, 2.24) is 10.0 Å². The third-order valence-electron chi connectivity index (χ3n) is 3.88. The second-order valence-corrected chi connectivity index (χ2v) is 8.16. The molecule has 6 nitrogen and oxygen atoms in total. The van der Waals surface area contributed by atoms with Crippen LogP contribution in [-0.4, -0.2) is 20.4 Å². The molecule has 0 aliphatic carbocycles. The predicted octanol–water partition coefficient (Wildman–Crippen LogP) is 2.47. The van der Waals surface area contributed by atoms with E-state index in [2.05, 4.69) is 10.0 Å². The Morgan fingerprint density at radius 1 is 1.11 bits per heavy atom. The van der Waals surface area contributed by atoms with E-state index in [9.17, 15) is 17.6 Å². The lowest BCUT2D eigenvalue weighted by molar-refractivity contribution is -0.121. The van der Waals surface area contributed by atoms with E-state index >= 15 is 0 Å². The number of nitrogens with two attached hydrogens (primary N) is 1. The average Bonchev–Trinajstić information content (AvgIpc) is 2.63. The maximum absolute atomic E-state index is 13.2. The minimum absolute atomic E-state index is 0. The van der Waals surface area contributed by atoms with Crippen molar-refractivity contribution in [2.45, 2.75) is 43.8 Å². The van der Waals surface area contributed by atoms with Crippen LogP contribution in [0.25, 0.3) is 0 Å². The first kappa shape index (κ1) is 24.0. The van der Waals surface area contributed by atoms with Gasteiger partial charge in [-0.15, -0.1) is 12.4 Å². The van der Waals surface area contributed by atoms with Crippen LogP contribution in [0.1, 0.15) is 30.9 Å². The third kappa shape index (κ3) is 7.93. The lowest BCUT2D eigenvalue weighted by Gasteiger charge is -2.10. The summed E-state index contributed by atoms with van der Waals surface area (Å²) in [6.45, 7) is 2.04. The quantitative estimate of drug-likeness (QED) is 0.569. The van der Waals surface area contributed by atoms with E-state index in [0.29, 0.717) is 24.0 Å². The average molecular weight is 430 g/mol. The van der Waals surface area contributed by atoms with Crippen molar-refractivity contribution in [2.24, 2.45) is 5.73 Å². The fourth-order valence-electron chi connectivity index (χ4n) is 2.38. The van der Waals surface area contributed by atoms with Crippen molar-refractivity contribution in [1.29, 1.82) is 0 Å². The minimum atomic E-state index is -3.76. The highest BCUT2D eigenvalue weighted by molar-refractivity contribution is 7.89. The van der Waals surface area contributed by atoms with Gasteiger partial charge in [0.15, 0.2) is 0 Å². The van der Waals surface area contributed by atoms with Gasteiger partial charge in [0.05, 0.1) is 4.90 Å². The molecule has 0 bridgehead atoms. The first-order valence-corrected chi connectivity index (χ1v) is 10.1. The second-order valence-electron chi connectivity index (χ2n) is 6.39. The Morgan fingerprint density at radius 2 is 1.75 bits per heavy atom. The number of benzene rings is 2. The van der Waals surface area contributed by atoms with E-state index in [-0.39, 0.29) is 42.3 Å². The maximum atomic E-state index is 13.2. The molecule has 0 radical (unpaired) electrons. The van der Waals surface area contributed by atoms with Crippen molar-refractivity contribution in [3.05, 3.63) is 65.5 Å². The normalized spacial score (nSPS) is 12.1. The van der Waals surface area contributed by atoms with Crippen molar-refractivity contribution in [2.75, 3.05) is 0 Å². The molecule has 0 saturated heterocycles. The Balaban J connectivity index is 0.00000392. The highest BCUT2D eigenvalue weighted by Gasteiger charge is 2.14. The molecule has 2 aromatic carbocycles. The molecule has 0 heterocycles. The Kier molecular flexibility index (Phi) is 9.54. The first-order valence-electron chi connectivity index (χ1n) is 8.61. The van der Waals surface area contributed by atoms with Gasteiger partial charge in [-0.1, -0.05) is 24.3 Å². The summed E-state index contributed by atoms with van der Waals surface area (Å²) in [5, 5.41) is 2.75. The minimum Gasteiger partial charge on any atom is -0.352 e. The highest BCUT2D eigenvalue weighted by Crippen LogP contribution is 2.13. The molecule has 0 aliphatic heterocycles. The smallest absolute Gasteiger partial charge is 0.240 e. The van der Waals surface area contributed by atoms with Crippen LogP contribution in [0.2, 0.25) is 0 Å². The fourth-order valence-corrected chi connectivity index (χ4v) is 3.47. The van der Waals surface area contributed by atoms with Gasteiger partial charge >= 0.3 is 0 Å². The van der Waals surface area contributed by atoms with Gasteiger partial charge in [-0.25, -0.2) is 17.5 Å². The molecule has 0 spiro atoms. The van der Waals surface area contributed by atoms with Gasteiger partial charge in [0, 0.05) is 25.6 Å². The number of carbonyl (C=O) groups excluding carboxylic acids is 1. The molecule has 2 rings (SSSR count). The molecule has 1 unspecified atom stereocenters. The summed E-state index contributed by atoms with van der Waals surface area (Å²) in [6, 6.07) is 12.0. The maximum Gasteiger partial charge on any atom is 0.240 e. The molecule has 1 amide bonds. The number of rotatable bonds is 9. The van der Waals surface area contributed by atoms with Crippen LogP contribution in [0.15, 0.2) is 53.4 Å². The van der Waals surface area contributed by atoms with Gasteiger partial charge in [-0.3, -0.25) is 4.79 Å². The summed E-state index contributed by atoms with van der Waals surface area (Å²) in [7, 11) is -3.76. The molecule has 28 heavy (non-hydrogen) atoms. The Labute approximate surface area is 171 Å². The third-order valence-corrected chi connectivity index (χ3v) is 5.28. The van der Waals surface area contributed by atoms with Crippen LogP contribution in [0, 0.1) is 5.82 Å². The highest BCUT2D eigenvalue weighted by atomic mass is 35.5. The van der Waals surface area contributed by atoms with E-state index in [1.54, 1.807) is 18.2 Å². The van der Waals surface area contributed by atoms with Gasteiger partial charge in [-0.05, 0) is 48.7 Å². The van der Waals surface area contributed by atoms with Crippen LogP contribution in [0.4, 0.5) is 4.39 Å². The number of halogens is 2. The molecule has 9 heteroatoms. The zero-order valence-electron chi connectivity index (χ0n) is 15.5. The molecule has 0 fully saturated rings. The molecule has 154 valence electrons. The van der Waals surface area contributed by atoms with Crippen molar-refractivity contribution < 1.29 is 17.6 Å². The van der Waals surface area contributed by atoms with Crippen LogP contribution in [0.5, 0.6) is 0 Å². The topological polar surface area (TPSA) is 101 Å². The van der Waals surface area contributed by atoms with Gasteiger partial charge in [0.1, 0.15) is 5.82 Å². The molecular weight excluding hydrogens is 405 g/mol. The Morgan fingerprint density at radius 3 is 2.39 bits per heavy atom. The van der Waals surface area contributed by atoms with Crippen molar-refractivity contribution in [3.63, 3.8) is 0 Å². The van der Waals surface area contributed by atoms with E-state index in [0.717, 1.165) is 0 Å². The zero-order valence-corrected chi connectivity index (χ0v) is 17.2. The number of carbonyl (C=O) groups is 1. The molecule has 0 aliphatic rings. The van der Waals surface area contributed by atoms with Gasteiger partial charge < -0.3 is 11.1 Å². The van der Waals surface area contributed by atoms with E-state index < -0.39 is 15.8 Å².